The molecule has 0 aliphatic rings. The summed E-state index contributed by atoms with van der Waals surface area (Å²) in [5, 5.41) is -0.0654. The Bertz CT molecular complexity index is 621. The van der Waals surface area contributed by atoms with Gasteiger partial charge in [-0.05, 0) is 24.3 Å². The van der Waals surface area contributed by atoms with Crippen LogP contribution >= 0.6 is 23.4 Å². The van der Waals surface area contributed by atoms with E-state index in [9.17, 15) is 48.3 Å². The smallest absolute Gasteiger partial charge is 0.190 e. The molecule has 1 aromatic carbocycles. The molecule has 0 aliphatic heterocycles. The van der Waals surface area contributed by atoms with Crippen molar-refractivity contribution in [2.24, 2.45) is 0 Å². The van der Waals surface area contributed by atoms with Gasteiger partial charge in [-0.3, -0.25) is 0 Å². The number of hydrogen-bond donors (Lipinski definition) is 0. The molecule has 1 rings (SSSR count). The molecule has 1 aromatic rings. The Labute approximate surface area is 141 Å². The zero-order chi connectivity index (χ0) is 19.8. The van der Waals surface area contributed by atoms with E-state index in [0.29, 0.717) is 12.1 Å². The first-order valence-corrected chi connectivity index (χ1v) is 6.94. The molecule has 0 heterocycles. The minimum Gasteiger partial charge on any atom is -0.190 e. The van der Waals surface area contributed by atoms with Gasteiger partial charge in [0, 0.05) is 9.92 Å². The van der Waals surface area contributed by atoms with Crippen LogP contribution in [-0.4, -0.2) is 24.5 Å². The molecule has 142 valence electrons. The summed E-state index contributed by atoms with van der Waals surface area (Å²) in [6.45, 7) is 0. The highest BCUT2D eigenvalue weighted by atomic mass is 35.5. The third-order valence-electron chi connectivity index (χ3n) is 2.47. The lowest BCUT2D eigenvalue weighted by molar-refractivity contribution is -0.264. The van der Waals surface area contributed by atoms with Gasteiger partial charge in [-0.15, -0.1) is 0 Å². The van der Waals surface area contributed by atoms with E-state index in [0.717, 1.165) is 12.1 Å². The Balaban J connectivity index is 3.72. The summed E-state index contributed by atoms with van der Waals surface area (Å²) >= 11 is 4.41. The fraction of sp³-hybridized carbons (Fsp3) is 0.333. The lowest BCUT2D eigenvalue weighted by Gasteiger charge is -2.27. The Hall–Kier alpha value is -1.17. The van der Waals surface area contributed by atoms with Crippen LogP contribution in [0.3, 0.4) is 0 Å². The summed E-state index contributed by atoms with van der Waals surface area (Å²) < 4.78 is 140. The van der Waals surface area contributed by atoms with E-state index in [-0.39, 0.29) is 5.02 Å². The predicted molar refractivity (Wildman–Crippen MR) is 67.4 cm³/mol. The van der Waals surface area contributed by atoms with Crippen molar-refractivity contribution >= 4 is 23.4 Å². The van der Waals surface area contributed by atoms with Crippen molar-refractivity contribution in [2.75, 3.05) is 0 Å². The molecular weight excluding hydrogens is 421 g/mol. The molecule has 0 nitrogen and oxygen atoms in total. The van der Waals surface area contributed by atoms with Crippen LogP contribution in [0.2, 0.25) is 5.02 Å². The average Bonchev–Trinajstić information content (AvgIpc) is 2.35. The minimum absolute atomic E-state index is 0.0654. The third kappa shape index (κ3) is 5.16. The van der Waals surface area contributed by atoms with Crippen molar-refractivity contribution in [1.82, 2.24) is 0 Å². The van der Waals surface area contributed by atoms with Crippen LogP contribution in [-0.2, 0) is 0 Å². The van der Waals surface area contributed by atoms with Gasteiger partial charge in [-0.2, -0.15) is 48.3 Å². The molecular formula is C12H4ClF11S. The largest absolute Gasteiger partial charge is 0.458 e. The number of thioether (sulfide) groups is 1. The molecule has 0 bridgehead atoms. The molecule has 25 heavy (non-hydrogen) atoms. The van der Waals surface area contributed by atoms with Crippen molar-refractivity contribution in [1.29, 1.82) is 0 Å². The molecule has 0 unspecified atom stereocenters. The molecule has 0 saturated heterocycles. The Morgan fingerprint density at radius 2 is 1.12 bits per heavy atom. The molecule has 0 radical (unpaired) electrons. The van der Waals surface area contributed by atoms with Crippen molar-refractivity contribution < 1.29 is 48.3 Å². The van der Waals surface area contributed by atoms with Crippen LogP contribution in [0.5, 0.6) is 0 Å². The summed E-state index contributed by atoms with van der Waals surface area (Å²) in [6, 6.07) is 3.19. The fourth-order valence-electron chi connectivity index (χ4n) is 1.44. The van der Waals surface area contributed by atoms with Crippen molar-refractivity contribution in [3.63, 3.8) is 0 Å². The highest BCUT2D eigenvalue weighted by Crippen LogP contribution is 2.54. The van der Waals surface area contributed by atoms with Gasteiger partial charge in [0.25, 0.3) is 0 Å². The predicted octanol–water partition coefficient (Wildman–Crippen LogP) is 7.01. The number of allylic oxidation sites excluding steroid dienone is 2. The van der Waals surface area contributed by atoms with Crippen LogP contribution in [0.25, 0.3) is 0 Å². The van der Waals surface area contributed by atoms with Crippen molar-refractivity contribution in [3.8, 4) is 0 Å². The van der Waals surface area contributed by atoms with E-state index in [1.165, 1.54) is 0 Å². The van der Waals surface area contributed by atoms with Gasteiger partial charge in [0.2, 0.25) is 0 Å². The zero-order valence-electron chi connectivity index (χ0n) is 11.3. The normalized spacial score (nSPS) is 13.8. The highest BCUT2D eigenvalue weighted by molar-refractivity contribution is 8.03. The standard InChI is InChI=1S/C12H4ClF11S/c13-5-1-3-6(4-2-5)25-8(9(14,15)12(22,23)24)7(10(16,17)18)11(19,20)21/h1-4H. The number of benzene rings is 1. The lowest BCUT2D eigenvalue weighted by Crippen LogP contribution is -2.41. The molecule has 13 heteroatoms. The topological polar surface area (TPSA) is 0 Å². The Morgan fingerprint density at radius 3 is 1.44 bits per heavy atom. The molecule has 0 fully saturated rings. The quantitative estimate of drug-likeness (QED) is 0.371. The van der Waals surface area contributed by atoms with E-state index in [1.54, 1.807) is 0 Å². The van der Waals surface area contributed by atoms with Crippen LogP contribution in [0.4, 0.5) is 48.3 Å². The second-order valence-electron chi connectivity index (χ2n) is 4.33. The first-order chi connectivity index (χ1) is 11.0. The zero-order valence-corrected chi connectivity index (χ0v) is 12.8. The van der Waals surface area contributed by atoms with Gasteiger partial charge in [-0.1, -0.05) is 23.4 Å². The summed E-state index contributed by atoms with van der Waals surface area (Å²) in [5.41, 5.74) is -3.93. The van der Waals surface area contributed by atoms with Gasteiger partial charge in [0.1, 0.15) is 0 Å². The maximum atomic E-state index is 13.4. The minimum atomic E-state index is -6.68. The van der Waals surface area contributed by atoms with E-state index in [2.05, 4.69) is 0 Å². The monoisotopic (exact) mass is 424 g/mol. The van der Waals surface area contributed by atoms with Crippen molar-refractivity contribution in [3.05, 3.63) is 39.8 Å². The Morgan fingerprint density at radius 1 is 0.720 bits per heavy atom. The first-order valence-electron chi connectivity index (χ1n) is 5.75. The lowest BCUT2D eigenvalue weighted by atomic mass is 10.1. The number of halogens is 12. The second kappa shape index (κ2) is 6.86. The molecule has 0 amide bonds. The average molecular weight is 425 g/mol. The van der Waals surface area contributed by atoms with Gasteiger partial charge in [0.15, 0.2) is 5.57 Å². The van der Waals surface area contributed by atoms with Gasteiger partial charge >= 0.3 is 24.5 Å². The highest BCUT2D eigenvalue weighted by Gasteiger charge is 2.66. The summed E-state index contributed by atoms with van der Waals surface area (Å²) in [5.74, 6) is -6.39. The van der Waals surface area contributed by atoms with E-state index in [1.807, 2.05) is 0 Å². The van der Waals surface area contributed by atoms with Crippen LogP contribution < -0.4 is 0 Å². The summed E-state index contributed by atoms with van der Waals surface area (Å²) in [4.78, 5) is -3.95. The molecule has 0 N–H and O–H groups in total. The van der Waals surface area contributed by atoms with Gasteiger partial charge in [-0.25, -0.2) is 0 Å². The van der Waals surface area contributed by atoms with Crippen LogP contribution in [0, 0.1) is 0 Å². The maximum Gasteiger partial charge on any atom is 0.458 e. The number of hydrogen-bond acceptors (Lipinski definition) is 1. The summed E-state index contributed by atoms with van der Waals surface area (Å²) in [6.07, 6.45) is -19.7. The number of rotatable bonds is 3. The number of alkyl halides is 11. The van der Waals surface area contributed by atoms with E-state index in [4.69, 9.17) is 11.6 Å². The van der Waals surface area contributed by atoms with Crippen molar-refractivity contribution in [2.45, 2.75) is 29.3 Å². The van der Waals surface area contributed by atoms with Crippen LogP contribution in [0.1, 0.15) is 0 Å². The second-order valence-corrected chi connectivity index (χ2v) is 5.85. The maximum absolute atomic E-state index is 13.4. The molecule has 0 saturated carbocycles. The Kier molecular flexibility index (Phi) is 6.00. The van der Waals surface area contributed by atoms with Gasteiger partial charge in [0.05, 0.1) is 4.91 Å². The van der Waals surface area contributed by atoms with E-state index >= 15 is 0 Å². The molecule has 0 spiro atoms. The third-order valence-corrected chi connectivity index (χ3v) is 3.89. The SMILES string of the molecule is FC(F)(F)C(=C(Sc1ccc(Cl)cc1)C(F)(F)C(F)(F)F)C(F)(F)F. The fourth-order valence-corrected chi connectivity index (χ4v) is 2.65. The summed E-state index contributed by atoms with van der Waals surface area (Å²) in [7, 11) is 0. The molecule has 0 aromatic heterocycles. The van der Waals surface area contributed by atoms with E-state index < -0.39 is 51.6 Å². The van der Waals surface area contributed by atoms with Crippen LogP contribution in [0.15, 0.2) is 39.6 Å². The van der Waals surface area contributed by atoms with Gasteiger partial charge < -0.3 is 0 Å². The molecule has 0 atom stereocenters. The molecule has 0 aliphatic carbocycles. The first kappa shape index (κ1) is 21.9.